The van der Waals surface area contributed by atoms with E-state index in [4.69, 9.17) is 10.5 Å². The van der Waals surface area contributed by atoms with Crippen molar-refractivity contribution in [1.82, 2.24) is 4.90 Å². The summed E-state index contributed by atoms with van der Waals surface area (Å²) >= 11 is 0. The number of phenolic OH excluding ortho intramolecular Hbond substituents is 2. The molecule has 1 aliphatic heterocycles. The maximum Gasteiger partial charge on any atom is 0.157 e. The Labute approximate surface area is 120 Å². The van der Waals surface area contributed by atoms with Crippen LogP contribution >= 0.6 is 0 Å². The molecule has 0 unspecified atom stereocenters. The van der Waals surface area contributed by atoms with Crippen molar-refractivity contribution in [1.29, 1.82) is 0 Å². The molecule has 5 heteroatoms. The van der Waals surface area contributed by atoms with Crippen molar-refractivity contribution in [2.75, 3.05) is 26.2 Å². The Morgan fingerprint density at radius 3 is 2.60 bits per heavy atom. The van der Waals surface area contributed by atoms with Gasteiger partial charge in [-0.15, -0.1) is 0 Å². The zero-order valence-corrected chi connectivity index (χ0v) is 11.8. The molecule has 4 N–H and O–H groups in total. The highest BCUT2D eigenvalue weighted by Crippen LogP contribution is 2.26. The highest BCUT2D eigenvalue weighted by Gasteiger charge is 2.19. The van der Waals surface area contributed by atoms with Crippen molar-refractivity contribution in [3.8, 4) is 11.5 Å². The Balaban J connectivity index is 1.75. The van der Waals surface area contributed by atoms with Crippen LogP contribution in [0.4, 0.5) is 0 Å². The molecule has 1 saturated heterocycles. The highest BCUT2D eigenvalue weighted by atomic mass is 16.5. The molecular weight excluding hydrogens is 256 g/mol. The number of rotatable bonds is 6. The summed E-state index contributed by atoms with van der Waals surface area (Å²) in [6.07, 6.45) is 3.35. The number of piperidine rings is 1. The van der Waals surface area contributed by atoms with Crippen LogP contribution in [0.25, 0.3) is 0 Å². The lowest BCUT2D eigenvalue weighted by Gasteiger charge is -2.32. The lowest BCUT2D eigenvalue weighted by molar-refractivity contribution is 0.00562. The number of ether oxygens (including phenoxy) is 1. The summed E-state index contributed by atoms with van der Waals surface area (Å²) in [7, 11) is 0. The zero-order valence-electron chi connectivity index (χ0n) is 11.8. The standard InChI is InChI=1S/C15H24N2O3/c16-6-1-9-20-13-4-7-17(8-5-13)11-12-2-3-14(18)15(19)10-12/h2-3,10,13,18-19H,1,4-9,11,16H2. The van der Waals surface area contributed by atoms with Crippen LogP contribution in [0.2, 0.25) is 0 Å². The molecule has 1 aromatic carbocycles. The van der Waals surface area contributed by atoms with Gasteiger partial charge in [0, 0.05) is 26.2 Å². The fourth-order valence-electron chi connectivity index (χ4n) is 2.49. The van der Waals surface area contributed by atoms with E-state index in [1.165, 1.54) is 6.07 Å². The molecule has 0 radical (unpaired) electrons. The van der Waals surface area contributed by atoms with Gasteiger partial charge in [-0.25, -0.2) is 0 Å². The molecule has 112 valence electrons. The van der Waals surface area contributed by atoms with E-state index in [1.807, 2.05) is 6.07 Å². The van der Waals surface area contributed by atoms with Crippen LogP contribution in [-0.4, -0.2) is 47.5 Å². The first kappa shape index (κ1) is 15.1. The summed E-state index contributed by atoms with van der Waals surface area (Å²) < 4.78 is 5.78. The number of aromatic hydroxyl groups is 2. The van der Waals surface area contributed by atoms with Gasteiger partial charge in [-0.1, -0.05) is 6.07 Å². The van der Waals surface area contributed by atoms with Gasteiger partial charge in [0.2, 0.25) is 0 Å². The lowest BCUT2D eigenvalue weighted by atomic mass is 10.1. The molecule has 0 atom stereocenters. The van der Waals surface area contributed by atoms with E-state index >= 15 is 0 Å². The summed E-state index contributed by atoms with van der Waals surface area (Å²) in [5.74, 6) is -0.122. The molecule has 2 rings (SSSR count). The first-order chi connectivity index (χ1) is 9.69. The second-order valence-corrected chi connectivity index (χ2v) is 5.31. The normalized spacial score (nSPS) is 17.4. The van der Waals surface area contributed by atoms with Crippen LogP contribution in [0, 0.1) is 0 Å². The number of phenols is 2. The predicted octanol–water partition coefficient (Wildman–Crippen LogP) is 1.43. The van der Waals surface area contributed by atoms with Gasteiger partial charge in [-0.05, 0) is 43.5 Å². The van der Waals surface area contributed by atoms with Crippen LogP contribution in [0.1, 0.15) is 24.8 Å². The van der Waals surface area contributed by atoms with E-state index in [0.29, 0.717) is 12.6 Å². The Kier molecular flexibility index (Phi) is 5.64. The van der Waals surface area contributed by atoms with Crippen molar-refractivity contribution in [2.45, 2.75) is 31.9 Å². The van der Waals surface area contributed by atoms with E-state index in [2.05, 4.69) is 4.90 Å². The van der Waals surface area contributed by atoms with E-state index < -0.39 is 0 Å². The Bertz CT molecular complexity index is 418. The largest absolute Gasteiger partial charge is 0.504 e. The lowest BCUT2D eigenvalue weighted by Crippen LogP contribution is -2.36. The quantitative estimate of drug-likeness (QED) is 0.542. The van der Waals surface area contributed by atoms with Crippen molar-refractivity contribution >= 4 is 0 Å². The maximum atomic E-state index is 9.49. The maximum absolute atomic E-state index is 9.49. The predicted molar refractivity (Wildman–Crippen MR) is 77.7 cm³/mol. The first-order valence-electron chi connectivity index (χ1n) is 7.24. The molecule has 1 fully saturated rings. The zero-order chi connectivity index (χ0) is 14.4. The van der Waals surface area contributed by atoms with Crippen LogP contribution in [0.5, 0.6) is 11.5 Å². The minimum atomic E-state index is -0.0687. The minimum Gasteiger partial charge on any atom is -0.504 e. The Hall–Kier alpha value is -1.30. The van der Waals surface area contributed by atoms with E-state index in [0.717, 1.165) is 51.1 Å². The fraction of sp³-hybridized carbons (Fsp3) is 0.600. The van der Waals surface area contributed by atoms with E-state index in [1.54, 1.807) is 6.07 Å². The third-order valence-electron chi connectivity index (χ3n) is 3.68. The van der Waals surface area contributed by atoms with Crippen LogP contribution in [0.3, 0.4) is 0 Å². The number of hydrogen-bond acceptors (Lipinski definition) is 5. The number of nitrogens with zero attached hydrogens (tertiary/aromatic N) is 1. The van der Waals surface area contributed by atoms with Gasteiger partial charge < -0.3 is 20.7 Å². The molecule has 20 heavy (non-hydrogen) atoms. The number of benzene rings is 1. The SMILES string of the molecule is NCCCOC1CCN(Cc2ccc(O)c(O)c2)CC1. The monoisotopic (exact) mass is 280 g/mol. The van der Waals surface area contributed by atoms with Crippen molar-refractivity contribution in [3.63, 3.8) is 0 Å². The number of nitrogens with two attached hydrogens (primary N) is 1. The fourth-order valence-corrected chi connectivity index (χ4v) is 2.49. The second kappa shape index (κ2) is 7.47. The van der Waals surface area contributed by atoms with E-state index in [9.17, 15) is 10.2 Å². The molecule has 0 spiro atoms. The molecule has 0 aromatic heterocycles. The third-order valence-corrected chi connectivity index (χ3v) is 3.68. The topological polar surface area (TPSA) is 79.0 Å². The van der Waals surface area contributed by atoms with Gasteiger partial charge in [-0.3, -0.25) is 4.90 Å². The Morgan fingerprint density at radius 2 is 1.95 bits per heavy atom. The molecule has 0 saturated carbocycles. The molecular formula is C15H24N2O3. The molecule has 0 bridgehead atoms. The summed E-state index contributed by atoms with van der Waals surface area (Å²) in [4.78, 5) is 2.34. The molecule has 1 aliphatic rings. The molecule has 1 heterocycles. The van der Waals surface area contributed by atoms with Crippen molar-refractivity contribution in [2.24, 2.45) is 5.73 Å². The summed E-state index contributed by atoms with van der Waals surface area (Å²) in [5.41, 5.74) is 6.46. The van der Waals surface area contributed by atoms with Crippen LogP contribution in [-0.2, 0) is 11.3 Å². The Morgan fingerprint density at radius 1 is 1.20 bits per heavy atom. The summed E-state index contributed by atoms with van der Waals surface area (Å²) in [6, 6.07) is 5.01. The van der Waals surface area contributed by atoms with Gasteiger partial charge in [0.1, 0.15) is 0 Å². The smallest absolute Gasteiger partial charge is 0.157 e. The molecule has 5 nitrogen and oxygen atoms in total. The van der Waals surface area contributed by atoms with Gasteiger partial charge in [-0.2, -0.15) is 0 Å². The van der Waals surface area contributed by atoms with Gasteiger partial charge >= 0.3 is 0 Å². The summed E-state index contributed by atoms with van der Waals surface area (Å²) in [6.45, 7) is 4.23. The van der Waals surface area contributed by atoms with Gasteiger partial charge in [0.25, 0.3) is 0 Å². The van der Waals surface area contributed by atoms with Crippen molar-refractivity contribution in [3.05, 3.63) is 23.8 Å². The van der Waals surface area contributed by atoms with Crippen LogP contribution < -0.4 is 5.73 Å². The highest BCUT2D eigenvalue weighted by molar-refractivity contribution is 5.40. The van der Waals surface area contributed by atoms with E-state index in [-0.39, 0.29) is 11.5 Å². The second-order valence-electron chi connectivity index (χ2n) is 5.31. The summed E-state index contributed by atoms with van der Waals surface area (Å²) in [5, 5.41) is 18.8. The molecule has 0 aliphatic carbocycles. The molecule has 0 amide bonds. The minimum absolute atomic E-state index is 0.0532. The number of likely N-dealkylation sites (tertiary alicyclic amines) is 1. The van der Waals surface area contributed by atoms with Crippen LogP contribution in [0.15, 0.2) is 18.2 Å². The molecule has 1 aromatic rings. The third kappa shape index (κ3) is 4.37. The first-order valence-corrected chi connectivity index (χ1v) is 7.24. The van der Waals surface area contributed by atoms with Crippen molar-refractivity contribution < 1.29 is 14.9 Å². The van der Waals surface area contributed by atoms with Gasteiger partial charge in [0.05, 0.1) is 6.10 Å². The van der Waals surface area contributed by atoms with Gasteiger partial charge in [0.15, 0.2) is 11.5 Å². The average molecular weight is 280 g/mol. The average Bonchev–Trinajstić information content (AvgIpc) is 2.45. The number of hydrogen-bond donors (Lipinski definition) is 3.